The Morgan fingerprint density at radius 3 is 1.85 bits per heavy atom. The van der Waals surface area contributed by atoms with E-state index in [1.54, 1.807) is 48.5 Å². The van der Waals surface area contributed by atoms with Crippen molar-refractivity contribution >= 4 is 16.1 Å². The maximum Gasteiger partial charge on any atom is 0.347 e. The van der Waals surface area contributed by atoms with Crippen LogP contribution in [0.4, 0.5) is 4.39 Å². The summed E-state index contributed by atoms with van der Waals surface area (Å²) in [6.07, 6.45) is 3.88. The molecule has 4 rings (SSSR count). The molecule has 2 heterocycles. The van der Waals surface area contributed by atoms with Crippen molar-refractivity contribution in [1.82, 2.24) is 0 Å². The molecule has 0 amide bonds. The fourth-order valence-corrected chi connectivity index (χ4v) is 5.33. The lowest BCUT2D eigenvalue weighted by atomic mass is 9.86. The Hall–Kier alpha value is -2.33. The Labute approximate surface area is 200 Å². The molecule has 0 radical (unpaired) electrons. The number of aliphatic hydroxyl groups is 1. The average Bonchev–Trinajstić information content (AvgIpc) is 2.95. The van der Waals surface area contributed by atoms with Crippen LogP contribution in [0.1, 0.15) is 36.8 Å². The van der Waals surface area contributed by atoms with Crippen molar-refractivity contribution in [1.29, 1.82) is 0 Å². The molecule has 0 unspecified atom stereocenters. The van der Waals surface area contributed by atoms with Gasteiger partial charge in [0, 0.05) is 31.9 Å². The van der Waals surface area contributed by atoms with Gasteiger partial charge in [0.2, 0.25) is 5.60 Å². The van der Waals surface area contributed by atoms with Crippen LogP contribution in [0.3, 0.4) is 0 Å². The first-order chi connectivity index (χ1) is 16.0. The minimum atomic E-state index is -3.92. The minimum absolute atomic E-state index is 0.246. The normalized spacial score (nSPS) is 26.3. The van der Waals surface area contributed by atoms with Crippen molar-refractivity contribution in [2.45, 2.75) is 49.5 Å². The molecule has 2 aromatic carbocycles. The van der Waals surface area contributed by atoms with Crippen LogP contribution in [0.2, 0.25) is 0 Å². The van der Waals surface area contributed by atoms with E-state index in [0.717, 1.165) is 30.2 Å². The van der Waals surface area contributed by atoms with E-state index in [9.17, 15) is 14.3 Å². The van der Waals surface area contributed by atoms with Gasteiger partial charge >= 0.3 is 5.97 Å². The summed E-state index contributed by atoms with van der Waals surface area (Å²) in [5, 5.41) is 11.6. The highest BCUT2D eigenvalue weighted by Crippen LogP contribution is 2.43. The van der Waals surface area contributed by atoms with Crippen LogP contribution >= 0.6 is 0 Å². The summed E-state index contributed by atoms with van der Waals surface area (Å²) in [6.45, 7) is 0.198. The SMILES string of the molecule is CS(=O)(=O)[O-].C[N+]1(CCF)[C@H]2CC[C@H]1CC(OC(=O)C(O)(c1ccccc1)c1ccccc1)C2. The molecule has 2 aliphatic heterocycles. The van der Waals surface area contributed by atoms with Crippen LogP contribution in [0.5, 0.6) is 0 Å². The van der Waals surface area contributed by atoms with Crippen molar-refractivity contribution < 1.29 is 36.5 Å². The quantitative estimate of drug-likeness (QED) is 0.377. The minimum Gasteiger partial charge on any atom is -0.748 e. The van der Waals surface area contributed by atoms with Crippen molar-refractivity contribution in [2.75, 3.05) is 26.5 Å². The number of hydrogen-bond acceptors (Lipinski definition) is 6. The van der Waals surface area contributed by atoms with E-state index in [4.69, 9.17) is 17.7 Å². The van der Waals surface area contributed by atoms with Crippen LogP contribution in [0.15, 0.2) is 60.7 Å². The number of nitrogens with zero attached hydrogens (tertiary/aromatic N) is 1. The van der Waals surface area contributed by atoms with Gasteiger partial charge in [-0.15, -0.1) is 0 Å². The van der Waals surface area contributed by atoms with Crippen LogP contribution in [-0.4, -0.2) is 73.2 Å². The summed E-state index contributed by atoms with van der Waals surface area (Å²) in [5.74, 6) is -0.638. The van der Waals surface area contributed by atoms with Gasteiger partial charge in [-0.2, -0.15) is 0 Å². The molecule has 1 N–H and O–H groups in total. The first-order valence-electron chi connectivity index (χ1n) is 11.3. The molecule has 34 heavy (non-hydrogen) atoms. The summed E-state index contributed by atoms with van der Waals surface area (Å²) in [4.78, 5) is 13.3. The van der Waals surface area contributed by atoms with Crippen LogP contribution in [-0.2, 0) is 25.3 Å². The third-order valence-corrected chi connectivity index (χ3v) is 7.09. The van der Waals surface area contributed by atoms with Crippen LogP contribution in [0.25, 0.3) is 0 Å². The first kappa shape index (κ1) is 26.3. The van der Waals surface area contributed by atoms with Gasteiger partial charge in [0.1, 0.15) is 19.3 Å². The number of carbonyl (C=O) groups is 1. The highest BCUT2D eigenvalue weighted by molar-refractivity contribution is 7.84. The topological polar surface area (TPSA) is 104 Å². The Bertz CT molecular complexity index is 1000. The largest absolute Gasteiger partial charge is 0.748 e. The van der Waals surface area contributed by atoms with Gasteiger partial charge in [-0.3, -0.25) is 0 Å². The predicted molar refractivity (Wildman–Crippen MR) is 124 cm³/mol. The number of quaternary nitrogens is 1. The van der Waals surface area contributed by atoms with Gasteiger partial charge in [0.25, 0.3) is 0 Å². The van der Waals surface area contributed by atoms with Gasteiger partial charge in [-0.25, -0.2) is 17.6 Å². The molecule has 0 aromatic heterocycles. The highest BCUT2D eigenvalue weighted by Gasteiger charge is 2.53. The molecule has 9 heteroatoms. The molecular weight excluding hydrogens is 461 g/mol. The number of fused-ring (bicyclic) bond motifs is 2. The van der Waals surface area contributed by atoms with E-state index in [-0.39, 0.29) is 12.8 Å². The molecule has 0 spiro atoms. The number of carbonyl (C=O) groups excluding carboxylic acids is 1. The standard InChI is InChI=1S/C24H29FNO3.CH4O3S/c1-26(15-14-25)20-12-13-21(26)17-22(16-20)29-23(27)24(28,18-8-4-2-5-9-18)19-10-6-3-7-11-19;1-5(2,3)4/h2-11,20-22,28H,12-17H2,1H3;1H3,(H,2,3,4)/q+1;/p-1/t20-,21-,22?,26?;/m0./s1. The predicted octanol–water partition coefficient (Wildman–Crippen LogP) is 2.74. The molecule has 186 valence electrons. The van der Waals surface area contributed by atoms with Crippen molar-refractivity contribution in [3.8, 4) is 0 Å². The summed E-state index contributed by atoms with van der Waals surface area (Å²) < 4.78 is 47.0. The van der Waals surface area contributed by atoms with Crippen molar-refractivity contribution in [3.05, 3.63) is 71.8 Å². The van der Waals surface area contributed by atoms with Gasteiger partial charge in [-0.05, 0) is 11.1 Å². The van der Waals surface area contributed by atoms with Gasteiger partial charge in [0.15, 0.2) is 0 Å². The second kappa shape index (κ2) is 10.5. The number of halogens is 1. The van der Waals surface area contributed by atoms with Crippen LogP contribution < -0.4 is 0 Å². The number of esters is 1. The average molecular weight is 494 g/mol. The number of piperidine rings is 1. The van der Waals surface area contributed by atoms with E-state index in [1.807, 2.05) is 12.1 Å². The highest BCUT2D eigenvalue weighted by atomic mass is 32.2. The second-order valence-electron chi connectivity index (χ2n) is 9.29. The zero-order valence-corrected chi connectivity index (χ0v) is 20.3. The third kappa shape index (κ3) is 5.83. The fraction of sp³-hybridized carbons (Fsp3) is 0.480. The number of ether oxygens (including phenoxy) is 1. The zero-order chi connectivity index (χ0) is 25.0. The molecule has 2 fully saturated rings. The Balaban J connectivity index is 0.000000588. The molecular formula is C25H32FNO6S. The molecule has 2 atom stereocenters. The Morgan fingerprint density at radius 2 is 1.47 bits per heavy atom. The van der Waals surface area contributed by atoms with E-state index < -0.39 is 21.7 Å². The smallest absolute Gasteiger partial charge is 0.347 e. The number of hydrogen-bond donors (Lipinski definition) is 1. The lowest BCUT2D eigenvalue weighted by molar-refractivity contribution is -0.949. The first-order valence-corrected chi connectivity index (χ1v) is 13.2. The fourth-order valence-electron chi connectivity index (χ4n) is 5.33. The molecule has 7 nitrogen and oxygen atoms in total. The van der Waals surface area contributed by atoms with Gasteiger partial charge in [-0.1, -0.05) is 60.7 Å². The Morgan fingerprint density at radius 1 is 1.06 bits per heavy atom. The third-order valence-electron chi connectivity index (χ3n) is 7.09. The summed E-state index contributed by atoms with van der Waals surface area (Å²) in [7, 11) is -1.79. The van der Waals surface area contributed by atoms with Crippen molar-refractivity contribution in [3.63, 3.8) is 0 Å². The number of benzene rings is 2. The lowest BCUT2D eigenvalue weighted by Crippen LogP contribution is -2.60. The lowest BCUT2D eigenvalue weighted by Gasteiger charge is -2.46. The molecule has 2 saturated heterocycles. The summed E-state index contributed by atoms with van der Waals surface area (Å²) >= 11 is 0. The van der Waals surface area contributed by atoms with E-state index in [2.05, 4.69) is 7.05 Å². The number of rotatable bonds is 6. The van der Waals surface area contributed by atoms with Crippen molar-refractivity contribution in [2.24, 2.45) is 0 Å². The maximum absolute atomic E-state index is 13.3. The maximum atomic E-state index is 13.3. The second-order valence-corrected chi connectivity index (χ2v) is 10.7. The molecule has 2 bridgehead atoms. The molecule has 0 aliphatic carbocycles. The molecule has 2 aliphatic rings. The summed E-state index contributed by atoms with van der Waals surface area (Å²) in [5.41, 5.74) is -0.864. The van der Waals surface area contributed by atoms with E-state index in [1.165, 1.54) is 0 Å². The number of alkyl halides is 1. The van der Waals surface area contributed by atoms with E-state index in [0.29, 0.717) is 36.0 Å². The monoisotopic (exact) mass is 493 g/mol. The summed E-state index contributed by atoms with van der Waals surface area (Å²) in [6, 6.07) is 18.5. The van der Waals surface area contributed by atoms with Gasteiger partial charge in [0.05, 0.1) is 29.2 Å². The van der Waals surface area contributed by atoms with E-state index >= 15 is 0 Å². The zero-order valence-electron chi connectivity index (χ0n) is 19.5. The Kier molecular flexibility index (Phi) is 8.13. The van der Waals surface area contributed by atoms with Crippen LogP contribution in [0, 0.1) is 0 Å². The molecule has 2 aromatic rings. The molecule has 0 saturated carbocycles. The van der Waals surface area contributed by atoms with Gasteiger partial charge < -0.3 is 18.9 Å².